The Kier molecular flexibility index (Phi) is 4.97. The summed E-state index contributed by atoms with van der Waals surface area (Å²) in [6.45, 7) is 1.03. The molecule has 5 heteroatoms. The smallest absolute Gasteiger partial charge is 0.236 e. The molecule has 1 aromatic rings. The number of nitrogens with two attached hydrogens (primary N) is 1. The summed E-state index contributed by atoms with van der Waals surface area (Å²) in [5.41, 5.74) is 7.48. The maximum absolute atomic E-state index is 11.6. The van der Waals surface area contributed by atoms with E-state index in [9.17, 15) is 4.79 Å². The second-order valence-corrected chi connectivity index (χ2v) is 4.57. The van der Waals surface area contributed by atoms with Crippen LogP contribution in [0.5, 0.6) is 5.75 Å². The lowest BCUT2D eigenvalue weighted by Crippen LogP contribution is -2.34. The highest BCUT2D eigenvalue weighted by atomic mass is 16.5. The number of ether oxygens (including phenoxy) is 1. The lowest BCUT2D eigenvalue weighted by Gasteiger charge is -2.19. The minimum atomic E-state index is 0.0772. The van der Waals surface area contributed by atoms with Crippen molar-refractivity contribution in [1.82, 2.24) is 9.80 Å². The highest BCUT2D eigenvalue weighted by Gasteiger charge is 2.09. The molecule has 0 radical (unpaired) electrons. The average Bonchev–Trinajstić information content (AvgIpc) is 2.27. The van der Waals surface area contributed by atoms with Crippen molar-refractivity contribution in [1.29, 1.82) is 0 Å². The average molecular weight is 251 g/mol. The van der Waals surface area contributed by atoms with Crippen LogP contribution in [-0.2, 0) is 11.3 Å². The van der Waals surface area contributed by atoms with Crippen LogP contribution in [0.15, 0.2) is 18.2 Å². The van der Waals surface area contributed by atoms with Crippen LogP contribution in [0.4, 0.5) is 5.69 Å². The molecule has 0 saturated carbocycles. The number of carbonyl (C=O) groups excluding carboxylic acids is 1. The van der Waals surface area contributed by atoms with E-state index in [2.05, 4.69) is 0 Å². The largest absolute Gasteiger partial charge is 0.497 e. The third kappa shape index (κ3) is 4.25. The second-order valence-electron chi connectivity index (χ2n) is 4.57. The second kappa shape index (κ2) is 6.26. The van der Waals surface area contributed by atoms with Gasteiger partial charge >= 0.3 is 0 Å². The lowest BCUT2D eigenvalue weighted by atomic mass is 10.2. The number of likely N-dealkylation sites (N-methyl/N-ethyl adjacent to an activating group) is 2. The molecule has 1 aromatic carbocycles. The standard InChI is InChI=1S/C13H21N3O2/c1-15(2)13(17)9-16(3)8-10-5-11(14)7-12(6-10)18-4/h5-7H,8-9,14H2,1-4H3. The SMILES string of the molecule is COc1cc(N)cc(CN(C)CC(=O)N(C)C)c1. The number of nitrogen functional groups attached to an aromatic ring is 1. The first-order chi connectivity index (χ1) is 8.42. The van der Waals surface area contributed by atoms with Gasteiger partial charge in [0.1, 0.15) is 5.75 Å². The van der Waals surface area contributed by atoms with Gasteiger partial charge in [0.05, 0.1) is 13.7 Å². The number of nitrogens with zero attached hydrogens (tertiary/aromatic N) is 2. The number of hydrogen-bond donors (Lipinski definition) is 1. The normalized spacial score (nSPS) is 10.5. The van der Waals surface area contributed by atoms with E-state index in [0.717, 1.165) is 11.3 Å². The van der Waals surface area contributed by atoms with E-state index in [1.807, 2.05) is 24.1 Å². The minimum absolute atomic E-state index is 0.0772. The van der Waals surface area contributed by atoms with Crippen LogP contribution in [0.3, 0.4) is 0 Å². The van der Waals surface area contributed by atoms with Gasteiger partial charge in [0.25, 0.3) is 0 Å². The van der Waals surface area contributed by atoms with Crippen molar-refractivity contribution in [2.45, 2.75) is 6.54 Å². The zero-order valence-electron chi connectivity index (χ0n) is 11.4. The monoisotopic (exact) mass is 251 g/mol. The molecular weight excluding hydrogens is 230 g/mol. The van der Waals surface area contributed by atoms with Gasteiger partial charge in [0, 0.05) is 32.4 Å². The van der Waals surface area contributed by atoms with E-state index in [1.54, 1.807) is 32.2 Å². The van der Waals surface area contributed by atoms with Gasteiger partial charge in [0.2, 0.25) is 5.91 Å². The molecule has 0 fully saturated rings. The summed E-state index contributed by atoms with van der Waals surface area (Å²) < 4.78 is 5.16. The molecule has 100 valence electrons. The van der Waals surface area contributed by atoms with Crippen molar-refractivity contribution in [2.75, 3.05) is 40.5 Å². The molecule has 18 heavy (non-hydrogen) atoms. The molecule has 5 nitrogen and oxygen atoms in total. The number of hydrogen-bond acceptors (Lipinski definition) is 4. The summed E-state index contributed by atoms with van der Waals surface area (Å²) in [6.07, 6.45) is 0. The molecule has 0 heterocycles. The predicted octanol–water partition coefficient (Wildman–Crippen LogP) is 0.797. The van der Waals surface area contributed by atoms with E-state index < -0.39 is 0 Å². The first-order valence-electron chi connectivity index (χ1n) is 5.74. The van der Waals surface area contributed by atoms with Gasteiger partial charge < -0.3 is 15.4 Å². The Morgan fingerprint density at radius 1 is 1.28 bits per heavy atom. The topological polar surface area (TPSA) is 58.8 Å². The van der Waals surface area contributed by atoms with Gasteiger partial charge in [-0.2, -0.15) is 0 Å². The molecule has 0 aliphatic rings. The van der Waals surface area contributed by atoms with Gasteiger partial charge in [-0.15, -0.1) is 0 Å². The maximum Gasteiger partial charge on any atom is 0.236 e. The van der Waals surface area contributed by atoms with Crippen LogP contribution >= 0.6 is 0 Å². The van der Waals surface area contributed by atoms with Crippen LogP contribution in [0.25, 0.3) is 0 Å². The quantitative estimate of drug-likeness (QED) is 0.786. The summed E-state index contributed by atoms with van der Waals surface area (Å²) >= 11 is 0. The minimum Gasteiger partial charge on any atom is -0.497 e. The molecule has 1 amide bonds. The maximum atomic E-state index is 11.6. The first-order valence-corrected chi connectivity index (χ1v) is 5.74. The van der Waals surface area contributed by atoms with Gasteiger partial charge in [0.15, 0.2) is 0 Å². The third-order valence-electron chi connectivity index (χ3n) is 2.58. The molecule has 1 rings (SSSR count). The highest BCUT2D eigenvalue weighted by Crippen LogP contribution is 2.19. The Morgan fingerprint density at radius 2 is 1.94 bits per heavy atom. The van der Waals surface area contributed by atoms with E-state index in [1.165, 1.54) is 0 Å². The fourth-order valence-electron chi connectivity index (χ4n) is 1.64. The fourth-order valence-corrected chi connectivity index (χ4v) is 1.64. The Bertz CT molecular complexity index is 419. The van der Waals surface area contributed by atoms with Gasteiger partial charge in [-0.25, -0.2) is 0 Å². The summed E-state index contributed by atoms with van der Waals surface area (Å²) in [5.74, 6) is 0.811. The fraction of sp³-hybridized carbons (Fsp3) is 0.462. The van der Waals surface area contributed by atoms with E-state index in [4.69, 9.17) is 10.5 Å². The number of anilines is 1. The van der Waals surface area contributed by atoms with Crippen molar-refractivity contribution in [3.63, 3.8) is 0 Å². The Labute approximate surface area is 108 Å². The van der Waals surface area contributed by atoms with Crippen molar-refractivity contribution < 1.29 is 9.53 Å². The third-order valence-corrected chi connectivity index (χ3v) is 2.58. The highest BCUT2D eigenvalue weighted by molar-refractivity contribution is 5.77. The molecule has 0 aliphatic heterocycles. The summed E-state index contributed by atoms with van der Waals surface area (Å²) in [5, 5.41) is 0. The Balaban J connectivity index is 2.66. The van der Waals surface area contributed by atoms with Crippen LogP contribution < -0.4 is 10.5 Å². The molecule has 0 saturated heterocycles. The predicted molar refractivity (Wildman–Crippen MR) is 72.4 cm³/mol. The number of methoxy groups -OCH3 is 1. The number of amides is 1. The number of rotatable bonds is 5. The molecular formula is C13H21N3O2. The molecule has 0 unspecified atom stereocenters. The van der Waals surface area contributed by atoms with Gasteiger partial charge in [-0.1, -0.05) is 0 Å². The number of benzene rings is 1. The molecule has 0 aliphatic carbocycles. The molecule has 0 aromatic heterocycles. The summed E-state index contributed by atoms with van der Waals surface area (Å²) in [6, 6.07) is 5.58. The van der Waals surface area contributed by atoms with Gasteiger partial charge in [-0.3, -0.25) is 9.69 Å². The van der Waals surface area contributed by atoms with Crippen LogP contribution in [0.2, 0.25) is 0 Å². The molecule has 2 N–H and O–H groups in total. The lowest BCUT2D eigenvalue weighted by molar-refractivity contribution is -0.129. The zero-order valence-corrected chi connectivity index (χ0v) is 11.4. The van der Waals surface area contributed by atoms with Crippen LogP contribution in [0, 0.1) is 0 Å². The van der Waals surface area contributed by atoms with Crippen molar-refractivity contribution in [3.8, 4) is 5.75 Å². The van der Waals surface area contributed by atoms with Crippen LogP contribution in [-0.4, -0.2) is 50.5 Å². The van der Waals surface area contributed by atoms with Crippen molar-refractivity contribution in [3.05, 3.63) is 23.8 Å². The molecule has 0 atom stereocenters. The van der Waals surface area contributed by atoms with E-state index in [0.29, 0.717) is 18.8 Å². The van der Waals surface area contributed by atoms with Gasteiger partial charge in [-0.05, 0) is 24.7 Å². The van der Waals surface area contributed by atoms with E-state index in [-0.39, 0.29) is 5.91 Å². The van der Waals surface area contributed by atoms with Crippen molar-refractivity contribution in [2.24, 2.45) is 0 Å². The Morgan fingerprint density at radius 3 is 2.50 bits per heavy atom. The molecule has 0 spiro atoms. The van der Waals surface area contributed by atoms with E-state index >= 15 is 0 Å². The Hall–Kier alpha value is -1.75. The first kappa shape index (κ1) is 14.3. The summed E-state index contributed by atoms with van der Waals surface area (Å²) in [7, 11) is 7.01. The summed E-state index contributed by atoms with van der Waals surface area (Å²) in [4.78, 5) is 15.1. The number of carbonyl (C=O) groups is 1. The molecule has 0 bridgehead atoms. The van der Waals surface area contributed by atoms with Crippen LogP contribution in [0.1, 0.15) is 5.56 Å². The zero-order chi connectivity index (χ0) is 13.7. The van der Waals surface area contributed by atoms with Crippen molar-refractivity contribution >= 4 is 11.6 Å².